The minimum absolute atomic E-state index is 0.224. The molecule has 0 aliphatic carbocycles. The second-order valence-electron chi connectivity index (χ2n) is 3.85. The van der Waals surface area contributed by atoms with Gasteiger partial charge in [-0.25, -0.2) is 0 Å². The van der Waals surface area contributed by atoms with E-state index >= 15 is 0 Å². The molecule has 0 saturated carbocycles. The maximum absolute atomic E-state index is 11.8. The summed E-state index contributed by atoms with van der Waals surface area (Å²) < 4.78 is 10.4. The number of furan rings is 1. The number of nitrogens with one attached hydrogen (secondary N) is 1. The number of ether oxygens (including phenoxy) is 1. The van der Waals surface area contributed by atoms with Gasteiger partial charge in [0.05, 0.1) is 19.5 Å². The number of carbonyl (C=O) groups excluding carboxylic acids is 1. The number of aliphatic hydroxyl groups excluding tert-OH is 1. The molecule has 1 amide bonds. The Labute approximate surface area is 106 Å². The molecule has 0 aromatic carbocycles. The third-order valence-electron chi connectivity index (χ3n) is 2.44. The molecule has 1 rings (SSSR count). The molecule has 0 fully saturated rings. The molecule has 1 aromatic rings. The summed E-state index contributed by atoms with van der Waals surface area (Å²) in [6.07, 6.45) is 3.34. The first kappa shape index (κ1) is 14.5. The largest absolute Gasteiger partial charge is 0.467 e. The summed E-state index contributed by atoms with van der Waals surface area (Å²) in [5.41, 5.74) is 0. The molecule has 2 unspecified atom stereocenters. The minimum atomic E-state index is -0.575. The van der Waals surface area contributed by atoms with Gasteiger partial charge in [0.15, 0.2) is 0 Å². The third-order valence-corrected chi connectivity index (χ3v) is 2.44. The van der Waals surface area contributed by atoms with E-state index in [9.17, 15) is 9.90 Å². The SMILES string of the molecule is C=CCCOC(C)C(=O)NC(CO)c1ccco1. The Hall–Kier alpha value is -1.59. The van der Waals surface area contributed by atoms with Crippen molar-refractivity contribution in [3.8, 4) is 0 Å². The van der Waals surface area contributed by atoms with Crippen LogP contribution in [-0.4, -0.2) is 30.3 Å². The molecule has 0 spiro atoms. The van der Waals surface area contributed by atoms with E-state index in [1.165, 1.54) is 6.26 Å². The minimum Gasteiger partial charge on any atom is -0.467 e. The van der Waals surface area contributed by atoms with E-state index in [0.717, 1.165) is 0 Å². The van der Waals surface area contributed by atoms with Crippen molar-refractivity contribution in [1.29, 1.82) is 0 Å². The fourth-order valence-electron chi connectivity index (χ4n) is 1.39. The Kier molecular flexibility index (Phi) is 6.18. The smallest absolute Gasteiger partial charge is 0.249 e. The zero-order chi connectivity index (χ0) is 13.4. The van der Waals surface area contributed by atoms with Crippen LogP contribution in [0.3, 0.4) is 0 Å². The number of aliphatic hydroxyl groups is 1. The molecule has 5 nitrogen and oxygen atoms in total. The molecule has 1 heterocycles. The van der Waals surface area contributed by atoms with Gasteiger partial charge in [-0.1, -0.05) is 6.08 Å². The fraction of sp³-hybridized carbons (Fsp3) is 0.462. The monoisotopic (exact) mass is 253 g/mol. The van der Waals surface area contributed by atoms with Gasteiger partial charge in [-0.2, -0.15) is 0 Å². The van der Waals surface area contributed by atoms with Crippen LogP contribution in [0.25, 0.3) is 0 Å². The maximum atomic E-state index is 11.8. The molecule has 2 N–H and O–H groups in total. The quantitative estimate of drug-likeness (QED) is 0.543. The van der Waals surface area contributed by atoms with Crippen molar-refractivity contribution in [2.45, 2.75) is 25.5 Å². The van der Waals surface area contributed by atoms with Crippen LogP contribution < -0.4 is 5.32 Å². The highest BCUT2D eigenvalue weighted by Gasteiger charge is 2.20. The number of amides is 1. The van der Waals surface area contributed by atoms with Gasteiger partial charge in [0.1, 0.15) is 17.9 Å². The van der Waals surface area contributed by atoms with E-state index in [1.54, 1.807) is 25.1 Å². The molecule has 100 valence electrons. The van der Waals surface area contributed by atoms with Crippen LogP contribution in [-0.2, 0) is 9.53 Å². The van der Waals surface area contributed by atoms with E-state index in [0.29, 0.717) is 18.8 Å². The van der Waals surface area contributed by atoms with Crippen LogP contribution in [0.15, 0.2) is 35.5 Å². The zero-order valence-corrected chi connectivity index (χ0v) is 10.5. The molecule has 5 heteroatoms. The van der Waals surface area contributed by atoms with Gasteiger partial charge in [0.25, 0.3) is 0 Å². The van der Waals surface area contributed by atoms with E-state index in [2.05, 4.69) is 11.9 Å². The maximum Gasteiger partial charge on any atom is 0.249 e. The molecule has 0 aliphatic rings. The summed E-state index contributed by atoms with van der Waals surface area (Å²) >= 11 is 0. The van der Waals surface area contributed by atoms with Gasteiger partial charge >= 0.3 is 0 Å². The lowest BCUT2D eigenvalue weighted by molar-refractivity contribution is -0.132. The molecular formula is C13H19NO4. The van der Waals surface area contributed by atoms with Crippen molar-refractivity contribution in [3.63, 3.8) is 0 Å². The van der Waals surface area contributed by atoms with Gasteiger partial charge in [-0.15, -0.1) is 6.58 Å². The first-order valence-corrected chi connectivity index (χ1v) is 5.86. The van der Waals surface area contributed by atoms with Crippen LogP contribution in [0, 0.1) is 0 Å². The van der Waals surface area contributed by atoms with Crippen LogP contribution in [0.1, 0.15) is 25.1 Å². The topological polar surface area (TPSA) is 71.7 Å². The van der Waals surface area contributed by atoms with Crippen molar-refractivity contribution >= 4 is 5.91 Å². The van der Waals surface area contributed by atoms with Gasteiger partial charge in [-0.05, 0) is 25.5 Å². The van der Waals surface area contributed by atoms with Crippen molar-refractivity contribution in [2.75, 3.05) is 13.2 Å². The number of hydrogen-bond donors (Lipinski definition) is 2. The van der Waals surface area contributed by atoms with Crippen molar-refractivity contribution in [1.82, 2.24) is 5.32 Å². The first-order valence-electron chi connectivity index (χ1n) is 5.86. The van der Waals surface area contributed by atoms with Gasteiger partial charge in [0, 0.05) is 0 Å². The van der Waals surface area contributed by atoms with E-state index in [4.69, 9.17) is 9.15 Å². The van der Waals surface area contributed by atoms with Gasteiger partial charge in [-0.3, -0.25) is 4.79 Å². The Bertz CT molecular complexity index is 361. The average molecular weight is 253 g/mol. The summed E-state index contributed by atoms with van der Waals surface area (Å²) in [5, 5.41) is 11.9. The number of carbonyl (C=O) groups is 1. The van der Waals surface area contributed by atoms with Crippen molar-refractivity contribution < 1.29 is 19.1 Å². The normalized spacial score (nSPS) is 13.9. The zero-order valence-electron chi connectivity index (χ0n) is 10.5. The van der Waals surface area contributed by atoms with Crippen LogP contribution in [0.4, 0.5) is 0 Å². The molecule has 0 aliphatic heterocycles. The van der Waals surface area contributed by atoms with E-state index < -0.39 is 12.1 Å². The second kappa shape index (κ2) is 7.68. The van der Waals surface area contributed by atoms with E-state index in [1.807, 2.05) is 0 Å². The van der Waals surface area contributed by atoms with Gasteiger partial charge in [0.2, 0.25) is 5.91 Å². The molecule has 1 aromatic heterocycles. The Balaban J connectivity index is 2.44. The molecule has 0 radical (unpaired) electrons. The highest BCUT2D eigenvalue weighted by molar-refractivity contribution is 5.80. The predicted molar refractivity (Wildman–Crippen MR) is 66.9 cm³/mol. The highest BCUT2D eigenvalue weighted by Crippen LogP contribution is 2.12. The van der Waals surface area contributed by atoms with Crippen LogP contribution in [0.5, 0.6) is 0 Å². The Morgan fingerprint density at radius 1 is 1.72 bits per heavy atom. The average Bonchev–Trinajstić information content (AvgIpc) is 2.89. The fourth-order valence-corrected chi connectivity index (χ4v) is 1.39. The standard InChI is InChI=1S/C13H19NO4/c1-3-4-7-17-10(2)13(16)14-11(9-15)12-6-5-8-18-12/h3,5-6,8,10-11,15H,1,4,7,9H2,2H3,(H,14,16). The van der Waals surface area contributed by atoms with E-state index in [-0.39, 0.29) is 12.5 Å². The first-order chi connectivity index (χ1) is 8.69. The lowest BCUT2D eigenvalue weighted by Gasteiger charge is -2.17. The number of rotatable bonds is 8. The van der Waals surface area contributed by atoms with Crippen LogP contribution in [0.2, 0.25) is 0 Å². The highest BCUT2D eigenvalue weighted by atomic mass is 16.5. The van der Waals surface area contributed by atoms with Crippen LogP contribution >= 0.6 is 0 Å². The summed E-state index contributed by atoms with van der Waals surface area (Å²) in [5.74, 6) is 0.235. The lowest BCUT2D eigenvalue weighted by atomic mass is 10.2. The molecule has 2 atom stereocenters. The second-order valence-corrected chi connectivity index (χ2v) is 3.85. The van der Waals surface area contributed by atoms with Crippen molar-refractivity contribution in [2.24, 2.45) is 0 Å². The predicted octanol–water partition coefficient (Wildman–Crippen LogP) is 1.41. The molecule has 18 heavy (non-hydrogen) atoms. The van der Waals surface area contributed by atoms with Crippen molar-refractivity contribution in [3.05, 3.63) is 36.8 Å². The summed E-state index contributed by atoms with van der Waals surface area (Å²) in [4.78, 5) is 11.8. The number of hydrogen-bond acceptors (Lipinski definition) is 4. The summed E-state index contributed by atoms with van der Waals surface area (Å²) in [7, 11) is 0. The summed E-state index contributed by atoms with van der Waals surface area (Å²) in [6, 6.07) is 2.86. The Morgan fingerprint density at radius 2 is 2.50 bits per heavy atom. The molecule has 0 bridgehead atoms. The summed E-state index contributed by atoms with van der Waals surface area (Å²) in [6.45, 7) is 5.46. The lowest BCUT2D eigenvalue weighted by Crippen LogP contribution is -2.38. The molecular weight excluding hydrogens is 234 g/mol. The third kappa shape index (κ3) is 4.35. The Morgan fingerprint density at radius 3 is 3.06 bits per heavy atom. The molecule has 0 saturated heterocycles. The van der Waals surface area contributed by atoms with Gasteiger partial charge < -0.3 is 19.6 Å².